The van der Waals surface area contributed by atoms with Crippen molar-refractivity contribution in [2.24, 2.45) is 0 Å². The van der Waals surface area contributed by atoms with Gasteiger partial charge < -0.3 is 24.6 Å². The molecule has 0 aliphatic rings. The van der Waals surface area contributed by atoms with Crippen molar-refractivity contribution < 1.29 is 28.9 Å². The van der Waals surface area contributed by atoms with Crippen molar-refractivity contribution in [2.75, 3.05) is 32.8 Å². The van der Waals surface area contributed by atoms with Gasteiger partial charge in [0.15, 0.2) is 0 Å². The van der Waals surface area contributed by atoms with Crippen LogP contribution in [0.5, 0.6) is 5.75 Å². The number of hydrogen-bond acceptors (Lipinski definition) is 5. The molecule has 0 saturated carbocycles. The summed E-state index contributed by atoms with van der Waals surface area (Å²) in [4.78, 5) is 24.0. The Hall–Kier alpha value is -2.61. The highest BCUT2D eigenvalue weighted by atomic mass is 35.5. The molecule has 2 rings (SSSR count). The number of nitrogens with one attached hydrogen (secondary N) is 1. The number of benzene rings is 2. The van der Waals surface area contributed by atoms with Crippen molar-refractivity contribution >= 4 is 29.2 Å². The number of methoxy groups -OCH3 is 2. The van der Waals surface area contributed by atoms with E-state index in [2.05, 4.69) is 5.32 Å². The number of rotatable bonds is 9. The van der Waals surface area contributed by atoms with Crippen molar-refractivity contribution in [1.82, 2.24) is 0 Å². The molecule has 1 amide bonds. The van der Waals surface area contributed by atoms with Gasteiger partial charge in [-0.25, -0.2) is 4.79 Å². The third kappa shape index (κ3) is 5.96. The number of carbonyl (C=O) groups is 2. The number of ether oxygens (including phenoxy) is 3. The number of carboxylic acids is 1. The van der Waals surface area contributed by atoms with Crippen LogP contribution in [0.25, 0.3) is 0 Å². The predicted molar refractivity (Wildman–Crippen MR) is 101 cm³/mol. The molecule has 0 saturated heterocycles. The first-order chi connectivity index (χ1) is 12.9. The fraction of sp³-hybridized carbons (Fsp3) is 0.263. The molecule has 144 valence electrons. The van der Waals surface area contributed by atoms with Crippen LogP contribution in [-0.4, -0.2) is 44.4 Å². The zero-order chi connectivity index (χ0) is 19.8. The second kappa shape index (κ2) is 9.91. The first-order valence-electron chi connectivity index (χ1n) is 8.03. The highest BCUT2D eigenvalue weighted by Gasteiger charge is 2.15. The Morgan fingerprint density at radius 2 is 1.85 bits per heavy atom. The largest absolute Gasteiger partial charge is 0.490 e. The van der Waals surface area contributed by atoms with Gasteiger partial charge in [0, 0.05) is 24.9 Å². The monoisotopic (exact) mass is 393 g/mol. The minimum atomic E-state index is -1.10. The highest BCUT2D eigenvalue weighted by Crippen LogP contribution is 2.25. The molecule has 0 bridgehead atoms. The smallest absolute Gasteiger partial charge is 0.335 e. The molecule has 8 heteroatoms. The summed E-state index contributed by atoms with van der Waals surface area (Å²) in [5.41, 5.74) is 1.22. The van der Waals surface area contributed by atoms with E-state index < -0.39 is 11.9 Å². The second-order valence-electron chi connectivity index (χ2n) is 5.59. The first-order valence-corrected chi connectivity index (χ1v) is 8.41. The summed E-state index contributed by atoms with van der Waals surface area (Å²) in [6.07, 6.45) is 0. The van der Waals surface area contributed by atoms with E-state index in [4.69, 9.17) is 25.8 Å². The quantitative estimate of drug-likeness (QED) is 0.633. The summed E-state index contributed by atoms with van der Waals surface area (Å²) >= 11 is 6.00. The molecule has 2 aromatic carbocycles. The Labute approximate surface area is 161 Å². The molecule has 0 unspecified atom stereocenters. The zero-order valence-electron chi connectivity index (χ0n) is 15.0. The van der Waals surface area contributed by atoms with E-state index >= 15 is 0 Å². The fourth-order valence-electron chi connectivity index (χ4n) is 2.38. The number of carboxylic acid groups (broad SMARTS) is 1. The summed E-state index contributed by atoms with van der Waals surface area (Å²) < 4.78 is 15.5. The Bertz CT molecular complexity index is 824. The maximum Gasteiger partial charge on any atom is 0.335 e. The van der Waals surface area contributed by atoms with Crippen LogP contribution in [-0.2, 0) is 16.1 Å². The van der Waals surface area contributed by atoms with E-state index in [0.29, 0.717) is 28.6 Å². The van der Waals surface area contributed by atoms with E-state index in [9.17, 15) is 14.7 Å². The minimum Gasteiger partial charge on any atom is -0.490 e. The van der Waals surface area contributed by atoms with Crippen molar-refractivity contribution in [3.63, 3.8) is 0 Å². The molecule has 0 atom stereocenters. The number of hydrogen-bond donors (Lipinski definition) is 2. The van der Waals surface area contributed by atoms with Crippen LogP contribution in [0.15, 0.2) is 36.4 Å². The van der Waals surface area contributed by atoms with Gasteiger partial charge >= 0.3 is 5.97 Å². The van der Waals surface area contributed by atoms with Crippen LogP contribution < -0.4 is 10.1 Å². The average molecular weight is 394 g/mol. The summed E-state index contributed by atoms with van der Waals surface area (Å²) in [5.74, 6) is -1.23. The predicted octanol–water partition coefficient (Wildman–Crippen LogP) is 3.46. The van der Waals surface area contributed by atoms with Gasteiger partial charge in [-0.3, -0.25) is 4.79 Å². The van der Waals surface area contributed by atoms with Gasteiger partial charge in [-0.15, -0.1) is 0 Å². The molecular formula is C19H20ClNO6. The second-order valence-corrected chi connectivity index (χ2v) is 6.03. The summed E-state index contributed by atoms with van der Waals surface area (Å²) in [7, 11) is 3.05. The lowest BCUT2D eigenvalue weighted by atomic mass is 10.1. The van der Waals surface area contributed by atoms with Crippen molar-refractivity contribution in [3.8, 4) is 5.75 Å². The summed E-state index contributed by atoms with van der Waals surface area (Å²) in [6.45, 7) is 0.849. The topological polar surface area (TPSA) is 94.1 Å². The SMILES string of the molecule is COCCOc1ccc(Cl)cc1C(=O)Nc1cc(COC)cc(C(=O)O)c1. The third-order valence-electron chi connectivity index (χ3n) is 3.54. The molecule has 0 fully saturated rings. The molecule has 7 nitrogen and oxygen atoms in total. The van der Waals surface area contributed by atoms with E-state index in [1.807, 2.05) is 0 Å². The van der Waals surface area contributed by atoms with Gasteiger partial charge in [0.2, 0.25) is 0 Å². The van der Waals surface area contributed by atoms with Crippen LogP contribution in [0, 0.1) is 0 Å². The highest BCUT2D eigenvalue weighted by molar-refractivity contribution is 6.31. The Kier molecular flexibility index (Phi) is 7.60. The van der Waals surface area contributed by atoms with E-state index in [1.165, 1.54) is 25.3 Å². The van der Waals surface area contributed by atoms with Gasteiger partial charge in [0.25, 0.3) is 5.91 Å². The van der Waals surface area contributed by atoms with Crippen molar-refractivity contribution in [3.05, 3.63) is 58.1 Å². The van der Waals surface area contributed by atoms with Gasteiger partial charge in [-0.1, -0.05) is 11.6 Å². The standard InChI is InChI=1S/C19H20ClNO6/c1-25-5-6-27-17-4-3-14(20)10-16(17)18(22)21-15-8-12(11-26-2)7-13(9-15)19(23)24/h3-4,7-10H,5-6,11H2,1-2H3,(H,21,22)(H,23,24). The van der Waals surface area contributed by atoms with Crippen LogP contribution in [0.1, 0.15) is 26.3 Å². The van der Waals surface area contributed by atoms with Gasteiger partial charge in [-0.05, 0) is 42.0 Å². The van der Waals surface area contributed by atoms with E-state index in [-0.39, 0.29) is 24.3 Å². The molecule has 0 aliphatic carbocycles. The molecule has 27 heavy (non-hydrogen) atoms. The Balaban J connectivity index is 2.28. The van der Waals surface area contributed by atoms with Gasteiger partial charge in [0.05, 0.1) is 24.3 Å². The molecule has 0 spiro atoms. The number of anilines is 1. The van der Waals surface area contributed by atoms with Gasteiger partial charge in [-0.2, -0.15) is 0 Å². The molecular weight excluding hydrogens is 374 g/mol. The lowest BCUT2D eigenvalue weighted by molar-refractivity contribution is 0.0696. The van der Waals surface area contributed by atoms with E-state index in [1.54, 1.807) is 25.3 Å². The van der Waals surface area contributed by atoms with Crippen molar-refractivity contribution in [2.45, 2.75) is 6.61 Å². The summed E-state index contributed by atoms with van der Waals surface area (Å²) in [5, 5.41) is 12.3. The van der Waals surface area contributed by atoms with Crippen LogP contribution >= 0.6 is 11.6 Å². The van der Waals surface area contributed by atoms with Crippen LogP contribution in [0.2, 0.25) is 5.02 Å². The molecule has 2 N–H and O–H groups in total. The number of amides is 1. The Morgan fingerprint density at radius 1 is 1.07 bits per heavy atom. The maximum absolute atomic E-state index is 12.7. The minimum absolute atomic E-state index is 0.0440. The van der Waals surface area contributed by atoms with E-state index in [0.717, 1.165) is 0 Å². The van der Waals surface area contributed by atoms with Crippen LogP contribution in [0.4, 0.5) is 5.69 Å². The Morgan fingerprint density at radius 3 is 2.52 bits per heavy atom. The molecule has 0 radical (unpaired) electrons. The molecule has 0 aliphatic heterocycles. The number of halogens is 1. The number of aromatic carboxylic acids is 1. The lowest BCUT2D eigenvalue weighted by Gasteiger charge is -2.13. The molecule has 0 heterocycles. The molecule has 2 aromatic rings. The third-order valence-corrected chi connectivity index (χ3v) is 3.77. The van der Waals surface area contributed by atoms with Gasteiger partial charge in [0.1, 0.15) is 12.4 Å². The normalized spacial score (nSPS) is 10.5. The average Bonchev–Trinajstić information content (AvgIpc) is 2.63. The first kappa shape index (κ1) is 20.7. The van der Waals surface area contributed by atoms with Crippen molar-refractivity contribution in [1.29, 1.82) is 0 Å². The van der Waals surface area contributed by atoms with Crippen LogP contribution in [0.3, 0.4) is 0 Å². The maximum atomic E-state index is 12.7. The summed E-state index contributed by atoms with van der Waals surface area (Å²) in [6, 6.07) is 9.19. The fourth-order valence-corrected chi connectivity index (χ4v) is 2.55. The number of carbonyl (C=O) groups excluding carboxylic acids is 1. The molecule has 0 aromatic heterocycles. The lowest BCUT2D eigenvalue weighted by Crippen LogP contribution is -2.15. The zero-order valence-corrected chi connectivity index (χ0v) is 15.7.